The fraction of sp³-hybridized carbons (Fsp3) is 0.200. The van der Waals surface area contributed by atoms with Crippen LogP contribution in [0.3, 0.4) is 0 Å². The lowest BCUT2D eigenvalue weighted by atomic mass is 10.1. The molecule has 5 heteroatoms. The molecule has 5 nitrogen and oxygen atoms in total. The number of aryl methyl sites for hydroxylation is 1. The largest absolute Gasteiger partial charge is 0.399 e. The molecule has 0 saturated carbocycles. The molecule has 3 N–H and O–H groups in total. The molecule has 0 saturated heterocycles. The molecule has 0 fully saturated rings. The minimum Gasteiger partial charge on any atom is -0.399 e. The first-order valence-corrected chi connectivity index (χ1v) is 6.54. The second-order valence-corrected chi connectivity index (χ2v) is 4.88. The molecule has 0 aliphatic rings. The third-order valence-electron chi connectivity index (χ3n) is 3.45. The van der Waals surface area contributed by atoms with Crippen molar-refractivity contribution in [1.29, 1.82) is 0 Å². The van der Waals surface area contributed by atoms with Gasteiger partial charge < -0.3 is 11.1 Å². The maximum absolute atomic E-state index is 5.93. The lowest BCUT2D eigenvalue weighted by Crippen LogP contribution is -2.05. The zero-order valence-corrected chi connectivity index (χ0v) is 11.6. The van der Waals surface area contributed by atoms with Crippen LogP contribution >= 0.6 is 0 Å². The molecule has 102 valence electrons. The van der Waals surface area contributed by atoms with Gasteiger partial charge in [0.1, 0.15) is 5.52 Å². The number of benzene rings is 1. The Labute approximate surface area is 117 Å². The Hall–Kier alpha value is -2.56. The Balaban J connectivity index is 1.88. The molecule has 0 aliphatic carbocycles. The highest BCUT2D eigenvalue weighted by atomic mass is 15.2. The molecule has 20 heavy (non-hydrogen) atoms. The SMILES string of the molecule is Cc1cc2c(NCc3cccc(N)c3C)nccn2n1. The van der Waals surface area contributed by atoms with E-state index in [4.69, 9.17) is 5.73 Å². The van der Waals surface area contributed by atoms with Crippen molar-refractivity contribution in [2.24, 2.45) is 0 Å². The highest BCUT2D eigenvalue weighted by molar-refractivity contribution is 5.68. The second kappa shape index (κ2) is 4.85. The van der Waals surface area contributed by atoms with E-state index in [0.717, 1.165) is 28.3 Å². The first-order valence-electron chi connectivity index (χ1n) is 6.54. The fourth-order valence-corrected chi connectivity index (χ4v) is 2.25. The van der Waals surface area contributed by atoms with Crippen molar-refractivity contribution >= 4 is 17.0 Å². The van der Waals surface area contributed by atoms with Gasteiger partial charge in [0.15, 0.2) is 5.82 Å². The predicted octanol–water partition coefficient (Wildman–Crippen LogP) is 2.54. The summed E-state index contributed by atoms with van der Waals surface area (Å²) < 4.78 is 1.83. The number of nitrogens with two attached hydrogens (primary N) is 1. The van der Waals surface area contributed by atoms with E-state index < -0.39 is 0 Å². The Kier molecular flexibility index (Phi) is 3.02. The van der Waals surface area contributed by atoms with E-state index in [-0.39, 0.29) is 0 Å². The van der Waals surface area contributed by atoms with Gasteiger partial charge in [-0.05, 0) is 37.1 Å². The Morgan fingerprint density at radius 1 is 1.30 bits per heavy atom. The molecule has 0 unspecified atom stereocenters. The smallest absolute Gasteiger partial charge is 0.152 e. The zero-order valence-electron chi connectivity index (χ0n) is 11.6. The van der Waals surface area contributed by atoms with Gasteiger partial charge >= 0.3 is 0 Å². The number of fused-ring (bicyclic) bond motifs is 1. The average molecular weight is 267 g/mol. The summed E-state index contributed by atoms with van der Waals surface area (Å²) in [5.74, 6) is 0.829. The third kappa shape index (κ3) is 2.18. The Morgan fingerprint density at radius 3 is 3.00 bits per heavy atom. The van der Waals surface area contributed by atoms with Crippen LogP contribution in [0.5, 0.6) is 0 Å². The number of nitrogens with one attached hydrogen (secondary N) is 1. The van der Waals surface area contributed by atoms with Gasteiger partial charge in [-0.1, -0.05) is 12.1 Å². The number of aromatic nitrogens is 3. The van der Waals surface area contributed by atoms with Gasteiger partial charge in [0.05, 0.1) is 5.69 Å². The van der Waals surface area contributed by atoms with E-state index in [1.807, 2.05) is 42.8 Å². The van der Waals surface area contributed by atoms with Crippen molar-refractivity contribution in [3.05, 3.63) is 53.5 Å². The van der Waals surface area contributed by atoms with Crippen molar-refractivity contribution in [3.8, 4) is 0 Å². The van der Waals surface area contributed by atoms with Crippen LogP contribution in [0.25, 0.3) is 5.52 Å². The topological polar surface area (TPSA) is 68.2 Å². The summed E-state index contributed by atoms with van der Waals surface area (Å²) in [6, 6.07) is 7.97. The van der Waals surface area contributed by atoms with Crippen molar-refractivity contribution < 1.29 is 0 Å². The summed E-state index contributed by atoms with van der Waals surface area (Å²) >= 11 is 0. The standard InChI is InChI=1S/C15H17N5/c1-10-8-14-15(17-6-7-20(14)19-10)18-9-12-4-3-5-13(16)11(12)2/h3-8H,9,16H2,1-2H3,(H,17,18). The molecular weight excluding hydrogens is 250 g/mol. The van der Waals surface area contributed by atoms with Gasteiger partial charge in [-0.25, -0.2) is 9.50 Å². The molecule has 2 aromatic heterocycles. The summed E-state index contributed by atoms with van der Waals surface area (Å²) in [4.78, 5) is 4.38. The third-order valence-corrected chi connectivity index (χ3v) is 3.45. The highest BCUT2D eigenvalue weighted by Crippen LogP contribution is 2.19. The van der Waals surface area contributed by atoms with Crippen LogP contribution in [0.1, 0.15) is 16.8 Å². The summed E-state index contributed by atoms with van der Waals surface area (Å²) in [6.07, 6.45) is 3.59. The van der Waals surface area contributed by atoms with Gasteiger partial charge in [0.25, 0.3) is 0 Å². The second-order valence-electron chi connectivity index (χ2n) is 4.88. The van der Waals surface area contributed by atoms with Crippen molar-refractivity contribution in [1.82, 2.24) is 14.6 Å². The molecule has 0 bridgehead atoms. The minimum atomic E-state index is 0.688. The van der Waals surface area contributed by atoms with E-state index in [2.05, 4.69) is 21.5 Å². The first-order chi connectivity index (χ1) is 9.65. The minimum absolute atomic E-state index is 0.688. The van der Waals surface area contributed by atoms with Crippen molar-refractivity contribution in [2.75, 3.05) is 11.1 Å². The fourth-order valence-electron chi connectivity index (χ4n) is 2.25. The van der Waals surface area contributed by atoms with Crippen molar-refractivity contribution in [3.63, 3.8) is 0 Å². The summed E-state index contributed by atoms with van der Waals surface area (Å²) in [6.45, 7) is 4.69. The van der Waals surface area contributed by atoms with Gasteiger partial charge in [-0.15, -0.1) is 0 Å². The van der Waals surface area contributed by atoms with Gasteiger partial charge in [-0.3, -0.25) is 0 Å². The molecule has 3 rings (SSSR count). The molecule has 3 aromatic rings. The molecule has 0 radical (unpaired) electrons. The lowest BCUT2D eigenvalue weighted by Gasteiger charge is -2.10. The Bertz CT molecular complexity index is 760. The summed E-state index contributed by atoms with van der Waals surface area (Å²) in [7, 11) is 0. The number of rotatable bonds is 3. The lowest BCUT2D eigenvalue weighted by molar-refractivity contribution is 0.919. The molecule has 0 spiro atoms. The number of nitrogen functional groups attached to an aromatic ring is 1. The van der Waals surface area contributed by atoms with Crippen molar-refractivity contribution in [2.45, 2.75) is 20.4 Å². The van der Waals surface area contributed by atoms with Crippen LogP contribution in [0.4, 0.5) is 11.5 Å². The van der Waals surface area contributed by atoms with E-state index in [1.165, 1.54) is 5.56 Å². The molecule has 0 atom stereocenters. The molecule has 2 heterocycles. The van der Waals surface area contributed by atoms with Crippen LogP contribution in [-0.4, -0.2) is 14.6 Å². The Morgan fingerprint density at radius 2 is 2.15 bits per heavy atom. The summed E-state index contributed by atoms with van der Waals surface area (Å²) in [5.41, 5.74) is 11.0. The molecule has 0 aliphatic heterocycles. The van der Waals surface area contributed by atoms with E-state index in [9.17, 15) is 0 Å². The molecule has 1 aromatic carbocycles. The van der Waals surface area contributed by atoms with Crippen LogP contribution < -0.4 is 11.1 Å². The average Bonchev–Trinajstić information content (AvgIpc) is 2.81. The van der Waals surface area contributed by atoms with E-state index in [0.29, 0.717) is 6.54 Å². The van der Waals surface area contributed by atoms with Gasteiger partial charge in [0, 0.05) is 24.6 Å². The first kappa shape index (κ1) is 12.5. The van der Waals surface area contributed by atoms with E-state index >= 15 is 0 Å². The summed E-state index contributed by atoms with van der Waals surface area (Å²) in [5, 5.41) is 7.73. The highest BCUT2D eigenvalue weighted by Gasteiger charge is 2.06. The number of anilines is 2. The maximum Gasteiger partial charge on any atom is 0.152 e. The molecule has 0 amide bonds. The predicted molar refractivity (Wildman–Crippen MR) is 80.6 cm³/mol. The van der Waals surface area contributed by atoms with Crippen LogP contribution in [0, 0.1) is 13.8 Å². The monoisotopic (exact) mass is 267 g/mol. The normalized spacial score (nSPS) is 10.9. The zero-order chi connectivity index (χ0) is 14.1. The van der Waals surface area contributed by atoms with Gasteiger partial charge in [0.2, 0.25) is 0 Å². The molecular formula is C15H17N5. The van der Waals surface area contributed by atoms with Gasteiger partial charge in [-0.2, -0.15) is 5.10 Å². The number of hydrogen-bond donors (Lipinski definition) is 2. The van der Waals surface area contributed by atoms with Crippen LogP contribution in [-0.2, 0) is 6.54 Å². The number of hydrogen-bond acceptors (Lipinski definition) is 4. The number of nitrogens with zero attached hydrogens (tertiary/aromatic N) is 3. The van der Waals surface area contributed by atoms with Crippen LogP contribution in [0.2, 0.25) is 0 Å². The van der Waals surface area contributed by atoms with E-state index in [1.54, 1.807) is 6.20 Å². The van der Waals surface area contributed by atoms with Crippen LogP contribution in [0.15, 0.2) is 36.7 Å². The maximum atomic E-state index is 5.93. The quantitative estimate of drug-likeness (QED) is 0.716.